The van der Waals surface area contributed by atoms with E-state index >= 15 is 0 Å². The maximum atomic E-state index is 12.3. The first-order chi connectivity index (χ1) is 17.7. The summed E-state index contributed by atoms with van der Waals surface area (Å²) in [5, 5.41) is 12.8. The number of pyridine rings is 1. The fourth-order valence-corrected chi connectivity index (χ4v) is 3.83. The molecule has 10 nitrogen and oxygen atoms in total. The summed E-state index contributed by atoms with van der Waals surface area (Å²) in [6.07, 6.45) is 2.55. The molecule has 0 aliphatic carbocycles. The highest BCUT2D eigenvalue weighted by atomic mass is 16.6. The van der Waals surface area contributed by atoms with Crippen LogP contribution < -0.4 is 14.8 Å². The van der Waals surface area contributed by atoms with E-state index in [9.17, 15) is 10.1 Å². The Labute approximate surface area is 216 Å². The number of nitriles is 1. The molecule has 0 saturated carbocycles. The van der Waals surface area contributed by atoms with Gasteiger partial charge in [-0.25, -0.2) is 14.8 Å². The first kappa shape index (κ1) is 25.7. The Balaban J connectivity index is 1.42. The van der Waals surface area contributed by atoms with Gasteiger partial charge in [0.05, 0.1) is 18.4 Å². The first-order valence-corrected chi connectivity index (χ1v) is 12.0. The van der Waals surface area contributed by atoms with Gasteiger partial charge in [0.25, 0.3) is 0 Å². The SMILES string of the molecule is COc1cccc(Nc2nccc(-c3ccc(OC4CCN(C(=O)OC(C)(C)C)CC4)c(C#N)c3)n2)n1. The predicted molar refractivity (Wildman–Crippen MR) is 138 cm³/mol. The number of anilines is 2. The van der Waals surface area contributed by atoms with E-state index in [2.05, 4.69) is 26.3 Å². The Kier molecular flexibility index (Phi) is 7.72. The van der Waals surface area contributed by atoms with E-state index in [0.29, 0.717) is 60.6 Å². The van der Waals surface area contributed by atoms with Gasteiger partial charge >= 0.3 is 6.09 Å². The molecule has 2 aromatic heterocycles. The van der Waals surface area contributed by atoms with Crippen LogP contribution >= 0.6 is 0 Å². The summed E-state index contributed by atoms with van der Waals surface area (Å²) >= 11 is 0. The van der Waals surface area contributed by atoms with Gasteiger partial charge in [-0.3, -0.25) is 0 Å². The lowest BCUT2D eigenvalue weighted by atomic mass is 10.1. The van der Waals surface area contributed by atoms with Gasteiger partial charge in [0, 0.05) is 43.8 Å². The molecule has 1 aliphatic heterocycles. The third-order valence-corrected chi connectivity index (χ3v) is 5.61. The number of aromatic nitrogens is 3. The van der Waals surface area contributed by atoms with Gasteiger partial charge in [0.2, 0.25) is 11.8 Å². The molecule has 1 aromatic carbocycles. The number of likely N-dealkylation sites (tertiary alicyclic amines) is 1. The molecule has 1 aliphatic rings. The Morgan fingerprint density at radius 1 is 1.14 bits per heavy atom. The fraction of sp³-hybridized carbons (Fsp3) is 0.370. The number of nitrogens with one attached hydrogen (secondary N) is 1. The molecule has 3 aromatic rings. The summed E-state index contributed by atoms with van der Waals surface area (Å²) in [7, 11) is 1.55. The van der Waals surface area contributed by atoms with Crippen molar-refractivity contribution in [3.63, 3.8) is 0 Å². The van der Waals surface area contributed by atoms with Crippen molar-refractivity contribution < 1.29 is 19.0 Å². The zero-order valence-corrected chi connectivity index (χ0v) is 21.4. The zero-order valence-electron chi connectivity index (χ0n) is 21.4. The molecule has 0 spiro atoms. The number of nitrogens with zero attached hydrogens (tertiary/aromatic N) is 5. The number of hydrogen-bond donors (Lipinski definition) is 1. The molecule has 3 heterocycles. The van der Waals surface area contributed by atoms with Gasteiger partial charge in [-0.15, -0.1) is 0 Å². The highest BCUT2D eigenvalue weighted by molar-refractivity contribution is 5.68. The molecule has 0 bridgehead atoms. The lowest BCUT2D eigenvalue weighted by Gasteiger charge is -2.33. The molecule has 0 unspecified atom stereocenters. The number of methoxy groups -OCH3 is 1. The molecule has 192 valence electrons. The van der Waals surface area contributed by atoms with Crippen LogP contribution in [0.15, 0.2) is 48.7 Å². The van der Waals surface area contributed by atoms with E-state index in [1.807, 2.05) is 32.9 Å². The number of benzene rings is 1. The third kappa shape index (κ3) is 6.85. The average Bonchev–Trinajstić information content (AvgIpc) is 2.88. The van der Waals surface area contributed by atoms with E-state index in [-0.39, 0.29) is 12.2 Å². The summed E-state index contributed by atoms with van der Waals surface area (Å²) in [6.45, 7) is 6.64. The van der Waals surface area contributed by atoms with Crippen molar-refractivity contribution in [2.75, 3.05) is 25.5 Å². The number of hydrogen-bond acceptors (Lipinski definition) is 9. The summed E-state index contributed by atoms with van der Waals surface area (Å²) in [6, 6.07) is 14.7. The fourth-order valence-electron chi connectivity index (χ4n) is 3.83. The topological polar surface area (TPSA) is 122 Å². The van der Waals surface area contributed by atoms with Crippen LogP contribution in [0.25, 0.3) is 11.3 Å². The maximum absolute atomic E-state index is 12.3. The van der Waals surface area contributed by atoms with Crippen LogP contribution in [0.3, 0.4) is 0 Å². The standard InChI is InChI=1S/C27H30N6O4/c1-27(2,3)37-26(34)33-14-11-20(12-15-33)36-22-9-8-18(16-19(22)17-28)21-10-13-29-25(30-21)32-23-6-5-7-24(31-23)35-4/h5-10,13,16,20H,11-12,14-15H2,1-4H3,(H,29,30,31,32). The minimum absolute atomic E-state index is 0.0955. The van der Waals surface area contributed by atoms with E-state index in [1.165, 1.54) is 0 Å². The number of amides is 1. The molecule has 1 N–H and O–H groups in total. The predicted octanol–water partition coefficient (Wildman–Crippen LogP) is 4.94. The number of carbonyl (C=O) groups is 1. The van der Waals surface area contributed by atoms with Gasteiger partial charge in [-0.05, 0) is 51.1 Å². The van der Waals surface area contributed by atoms with Gasteiger partial charge in [-0.1, -0.05) is 6.07 Å². The van der Waals surface area contributed by atoms with Gasteiger partial charge in [-0.2, -0.15) is 10.2 Å². The number of piperidine rings is 1. The van der Waals surface area contributed by atoms with Crippen LogP contribution in [0, 0.1) is 11.3 Å². The Hall–Kier alpha value is -4.39. The van der Waals surface area contributed by atoms with Crippen molar-refractivity contribution in [1.29, 1.82) is 5.26 Å². The van der Waals surface area contributed by atoms with Crippen LogP contribution in [0.2, 0.25) is 0 Å². The van der Waals surface area contributed by atoms with Crippen LogP contribution in [-0.2, 0) is 4.74 Å². The van der Waals surface area contributed by atoms with Crippen molar-refractivity contribution in [3.8, 4) is 29.0 Å². The average molecular weight is 503 g/mol. The minimum Gasteiger partial charge on any atom is -0.489 e. The van der Waals surface area contributed by atoms with Gasteiger partial charge in [0.1, 0.15) is 29.3 Å². The van der Waals surface area contributed by atoms with Crippen molar-refractivity contribution in [1.82, 2.24) is 19.9 Å². The molecule has 37 heavy (non-hydrogen) atoms. The largest absolute Gasteiger partial charge is 0.489 e. The van der Waals surface area contributed by atoms with Crippen LogP contribution in [0.4, 0.5) is 16.6 Å². The van der Waals surface area contributed by atoms with E-state index in [4.69, 9.17) is 14.2 Å². The highest BCUT2D eigenvalue weighted by Gasteiger charge is 2.28. The first-order valence-electron chi connectivity index (χ1n) is 12.0. The Morgan fingerprint density at radius 3 is 2.62 bits per heavy atom. The molecular formula is C27H30N6O4. The Bertz CT molecular complexity index is 1290. The lowest BCUT2D eigenvalue weighted by molar-refractivity contribution is 0.0126. The molecule has 4 rings (SSSR count). The lowest BCUT2D eigenvalue weighted by Crippen LogP contribution is -2.44. The number of rotatable bonds is 6. The number of carbonyl (C=O) groups excluding carboxylic acids is 1. The summed E-state index contributed by atoms with van der Waals surface area (Å²) in [5.41, 5.74) is 1.29. The summed E-state index contributed by atoms with van der Waals surface area (Å²) < 4.78 is 16.8. The van der Waals surface area contributed by atoms with E-state index in [0.717, 1.165) is 5.56 Å². The van der Waals surface area contributed by atoms with Crippen molar-refractivity contribution >= 4 is 17.9 Å². The van der Waals surface area contributed by atoms with Crippen LogP contribution in [0.5, 0.6) is 11.6 Å². The van der Waals surface area contributed by atoms with Crippen molar-refractivity contribution in [2.24, 2.45) is 0 Å². The second kappa shape index (κ2) is 11.1. The maximum Gasteiger partial charge on any atom is 0.410 e. The number of ether oxygens (including phenoxy) is 3. The smallest absolute Gasteiger partial charge is 0.410 e. The normalized spacial score (nSPS) is 14.0. The quantitative estimate of drug-likeness (QED) is 0.499. The van der Waals surface area contributed by atoms with Gasteiger partial charge in [0.15, 0.2) is 0 Å². The third-order valence-electron chi connectivity index (χ3n) is 5.61. The molecule has 0 atom stereocenters. The van der Waals surface area contributed by atoms with Crippen molar-refractivity contribution in [3.05, 3.63) is 54.2 Å². The van der Waals surface area contributed by atoms with Crippen molar-refractivity contribution in [2.45, 2.75) is 45.3 Å². The molecule has 1 amide bonds. The summed E-state index contributed by atoms with van der Waals surface area (Å²) in [4.78, 5) is 27.1. The zero-order chi connectivity index (χ0) is 26.4. The monoisotopic (exact) mass is 502 g/mol. The second-order valence-electron chi connectivity index (χ2n) is 9.56. The highest BCUT2D eigenvalue weighted by Crippen LogP contribution is 2.28. The van der Waals surface area contributed by atoms with Gasteiger partial charge < -0.3 is 24.4 Å². The molecular weight excluding hydrogens is 472 g/mol. The molecule has 1 fully saturated rings. The van der Waals surface area contributed by atoms with Crippen LogP contribution in [0.1, 0.15) is 39.2 Å². The molecule has 1 saturated heterocycles. The minimum atomic E-state index is -0.527. The summed E-state index contributed by atoms with van der Waals surface area (Å²) in [5.74, 6) is 1.91. The van der Waals surface area contributed by atoms with E-state index < -0.39 is 5.60 Å². The Morgan fingerprint density at radius 2 is 1.92 bits per heavy atom. The van der Waals surface area contributed by atoms with E-state index in [1.54, 1.807) is 48.5 Å². The molecule has 0 radical (unpaired) electrons. The second-order valence-corrected chi connectivity index (χ2v) is 9.56. The van der Waals surface area contributed by atoms with Crippen LogP contribution in [-0.4, -0.2) is 57.8 Å². The molecule has 10 heteroatoms.